The highest BCUT2D eigenvalue weighted by molar-refractivity contribution is 5.83. The van der Waals surface area contributed by atoms with Crippen LogP contribution in [0.5, 0.6) is 0 Å². The van der Waals surface area contributed by atoms with Gasteiger partial charge in [0.05, 0.1) is 5.92 Å². The van der Waals surface area contributed by atoms with E-state index in [0.29, 0.717) is 19.5 Å². The lowest BCUT2D eigenvalue weighted by Crippen LogP contribution is -2.40. The van der Waals surface area contributed by atoms with Crippen LogP contribution in [-0.2, 0) is 16.1 Å². The molecule has 2 rings (SSSR count). The first kappa shape index (κ1) is 10.7. The van der Waals surface area contributed by atoms with Gasteiger partial charge in [0.2, 0.25) is 5.91 Å². The number of nitrogens with zero attached hydrogens (tertiary/aromatic N) is 1. The molecule has 1 amide bonds. The van der Waals surface area contributed by atoms with Crippen LogP contribution in [0.4, 0.5) is 0 Å². The number of carboxylic acids is 1. The van der Waals surface area contributed by atoms with Crippen molar-refractivity contribution >= 4 is 11.9 Å². The summed E-state index contributed by atoms with van der Waals surface area (Å²) >= 11 is 0. The maximum absolute atomic E-state index is 11.7. The van der Waals surface area contributed by atoms with Crippen LogP contribution < -0.4 is 0 Å². The molecule has 86 valence electrons. The normalized spacial score (nSPS) is 21.1. The van der Waals surface area contributed by atoms with Crippen LogP contribution in [0, 0.1) is 5.92 Å². The van der Waals surface area contributed by atoms with Gasteiger partial charge in [-0.3, -0.25) is 9.59 Å². The number of likely N-dealkylation sites (tertiary alicyclic amines) is 1. The molecule has 0 saturated carbocycles. The second-order valence-electron chi connectivity index (χ2n) is 4.06. The average Bonchev–Trinajstić information content (AvgIpc) is 2.73. The van der Waals surface area contributed by atoms with Crippen molar-refractivity contribution in [3.05, 3.63) is 24.0 Å². The zero-order valence-corrected chi connectivity index (χ0v) is 8.85. The first-order valence-electron chi connectivity index (χ1n) is 5.29. The molecule has 5 nitrogen and oxygen atoms in total. The van der Waals surface area contributed by atoms with Gasteiger partial charge in [-0.25, -0.2) is 0 Å². The number of carboxylic acid groups (broad SMARTS) is 1. The first-order chi connectivity index (χ1) is 7.66. The first-order valence-corrected chi connectivity index (χ1v) is 5.29. The fraction of sp³-hybridized carbons (Fsp3) is 0.455. The Hall–Kier alpha value is -1.78. The predicted octanol–water partition coefficient (Wildman–Crippen LogP) is 0.838. The van der Waals surface area contributed by atoms with Crippen LogP contribution in [0.1, 0.15) is 18.4 Å². The number of aromatic nitrogens is 1. The molecule has 0 spiro atoms. The van der Waals surface area contributed by atoms with Gasteiger partial charge >= 0.3 is 5.97 Å². The third kappa shape index (κ3) is 2.24. The maximum Gasteiger partial charge on any atom is 0.307 e. The van der Waals surface area contributed by atoms with Gasteiger partial charge in [0.25, 0.3) is 0 Å². The minimum atomic E-state index is -0.866. The van der Waals surface area contributed by atoms with E-state index in [2.05, 4.69) is 4.98 Å². The summed E-state index contributed by atoms with van der Waals surface area (Å²) in [7, 11) is 0. The summed E-state index contributed by atoms with van der Waals surface area (Å²) in [6.07, 6.45) is 4.33. The molecule has 1 saturated heterocycles. The van der Waals surface area contributed by atoms with Gasteiger partial charge < -0.3 is 15.0 Å². The Labute approximate surface area is 93.1 Å². The summed E-state index contributed by atoms with van der Waals surface area (Å²) in [6, 6.07) is 1.91. The molecule has 1 aliphatic heterocycles. The molecule has 0 aromatic carbocycles. The lowest BCUT2D eigenvalue weighted by molar-refractivity contribution is -0.149. The summed E-state index contributed by atoms with van der Waals surface area (Å²) < 4.78 is 0. The standard InChI is InChI=1S/C11H14N2O3/c14-10-5-9(11(15)16)2-4-13(10)7-8-1-3-12-6-8/h1,3,6,9,12H,2,4-5,7H2,(H,15,16). The molecule has 2 heterocycles. The Balaban J connectivity index is 1.94. The van der Waals surface area contributed by atoms with E-state index in [1.807, 2.05) is 18.5 Å². The number of carbonyl (C=O) groups excluding carboxylic acids is 1. The lowest BCUT2D eigenvalue weighted by atomic mass is 9.96. The number of H-pyrrole nitrogens is 1. The van der Waals surface area contributed by atoms with Crippen LogP contribution in [0.3, 0.4) is 0 Å². The quantitative estimate of drug-likeness (QED) is 0.795. The largest absolute Gasteiger partial charge is 0.481 e. The molecular formula is C11H14N2O3. The molecular weight excluding hydrogens is 208 g/mol. The van der Waals surface area contributed by atoms with Crippen molar-refractivity contribution in [2.24, 2.45) is 5.92 Å². The Morgan fingerprint density at radius 3 is 3.00 bits per heavy atom. The number of hydrogen-bond donors (Lipinski definition) is 2. The third-order valence-corrected chi connectivity index (χ3v) is 2.91. The Kier molecular flexibility index (Phi) is 2.94. The van der Waals surface area contributed by atoms with Crippen molar-refractivity contribution in [2.75, 3.05) is 6.54 Å². The van der Waals surface area contributed by atoms with Crippen molar-refractivity contribution in [1.82, 2.24) is 9.88 Å². The molecule has 0 radical (unpaired) electrons. The number of amides is 1. The minimum Gasteiger partial charge on any atom is -0.481 e. The molecule has 1 atom stereocenters. The van der Waals surface area contributed by atoms with Gasteiger partial charge in [-0.1, -0.05) is 0 Å². The van der Waals surface area contributed by atoms with E-state index < -0.39 is 11.9 Å². The molecule has 1 aromatic heterocycles. The Bertz CT molecular complexity index is 386. The molecule has 1 fully saturated rings. The monoisotopic (exact) mass is 222 g/mol. The van der Waals surface area contributed by atoms with Crippen molar-refractivity contribution in [2.45, 2.75) is 19.4 Å². The van der Waals surface area contributed by atoms with Crippen LogP contribution >= 0.6 is 0 Å². The molecule has 1 aromatic rings. The SMILES string of the molecule is O=C(O)C1CCN(Cc2cc[nH]c2)C(=O)C1. The zero-order chi connectivity index (χ0) is 11.5. The van der Waals surface area contributed by atoms with E-state index in [1.165, 1.54) is 0 Å². The number of rotatable bonds is 3. The minimum absolute atomic E-state index is 0.0696. The topological polar surface area (TPSA) is 73.4 Å². The second kappa shape index (κ2) is 4.38. The number of aromatic amines is 1. The summed E-state index contributed by atoms with van der Waals surface area (Å²) in [5.41, 5.74) is 1.04. The molecule has 5 heteroatoms. The van der Waals surface area contributed by atoms with Crippen LogP contribution in [0.15, 0.2) is 18.5 Å². The van der Waals surface area contributed by atoms with Gasteiger partial charge in [-0.05, 0) is 18.1 Å². The number of nitrogens with one attached hydrogen (secondary N) is 1. The van der Waals surface area contributed by atoms with Crippen LogP contribution in [0.25, 0.3) is 0 Å². The smallest absolute Gasteiger partial charge is 0.307 e. The van der Waals surface area contributed by atoms with E-state index in [0.717, 1.165) is 5.56 Å². The van der Waals surface area contributed by atoms with Gasteiger partial charge in [-0.15, -0.1) is 0 Å². The molecule has 1 aliphatic rings. The average molecular weight is 222 g/mol. The van der Waals surface area contributed by atoms with Gasteiger partial charge in [0, 0.05) is 31.9 Å². The summed E-state index contributed by atoms with van der Waals surface area (Å²) in [4.78, 5) is 27.1. The lowest BCUT2D eigenvalue weighted by Gasteiger charge is -2.29. The summed E-state index contributed by atoms with van der Waals surface area (Å²) in [5.74, 6) is -1.44. The predicted molar refractivity (Wildman–Crippen MR) is 56.6 cm³/mol. The highest BCUT2D eigenvalue weighted by atomic mass is 16.4. The fourth-order valence-electron chi connectivity index (χ4n) is 1.93. The summed E-state index contributed by atoms with van der Waals surface area (Å²) in [5, 5.41) is 8.82. The Morgan fingerprint density at radius 2 is 2.44 bits per heavy atom. The van der Waals surface area contributed by atoms with Gasteiger partial charge in [0.15, 0.2) is 0 Å². The number of carbonyl (C=O) groups is 2. The molecule has 0 aliphatic carbocycles. The van der Waals surface area contributed by atoms with E-state index in [1.54, 1.807) is 4.90 Å². The van der Waals surface area contributed by atoms with Crippen molar-refractivity contribution < 1.29 is 14.7 Å². The Morgan fingerprint density at radius 1 is 1.62 bits per heavy atom. The van der Waals surface area contributed by atoms with Crippen LogP contribution in [0.2, 0.25) is 0 Å². The molecule has 2 N–H and O–H groups in total. The van der Waals surface area contributed by atoms with Crippen molar-refractivity contribution in [3.8, 4) is 0 Å². The third-order valence-electron chi connectivity index (χ3n) is 2.91. The van der Waals surface area contributed by atoms with E-state index >= 15 is 0 Å². The number of hydrogen-bond acceptors (Lipinski definition) is 2. The molecule has 16 heavy (non-hydrogen) atoms. The van der Waals surface area contributed by atoms with Gasteiger partial charge in [-0.2, -0.15) is 0 Å². The highest BCUT2D eigenvalue weighted by Crippen LogP contribution is 2.20. The zero-order valence-electron chi connectivity index (χ0n) is 8.85. The number of aliphatic carboxylic acids is 1. The van der Waals surface area contributed by atoms with E-state index in [4.69, 9.17) is 5.11 Å². The summed E-state index contributed by atoms with van der Waals surface area (Å²) in [6.45, 7) is 1.09. The van der Waals surface area contributed by atoms with E-state index in [-0.39, 0.29) is 12.3 Å². The highest BCUT2D eigenvalue weighted by Gasteiger charge is 2.29. The van der Waals surface area contributed by atoms with E-state index in [9.17, 15) is 9.59 Å². The van der Waals surface area contributed by atoms with Crippen molar-refractivity contribution in [3.63, 3.8) is 0 Å². The van der Waals surface area contributed by atoms with Gasteiger partial charge in [0.1, 0.15) is 0 Å². The molecule has 1 unspecified atom stereocenters. The fourth-order valence-corrected chi connectivity index (χ4v) is 1.93. The van der Waals surface area contributed by atoms with Crippen molar-refractivity contribution in [1.29, 1.82) is 0 Å². The molecule has 0 bridgehead atoms. The second-order valence-corrected chi connectivity index (χ2v) is 4.06. The maximum atomic E-state index is 11.7. The number of piperidine rings is 1. The van der Waals surface area contributed by atoms with Crippen LogP contribution in [-0.4, -0.2) is 33.4 Å².